The Morgan fingerprint density at radius 3 is 2.86 bits per heavy atom. The van der Waals surface area contributed by atoms with Gasteiger partial charge in [0.05, 0.1) is 11.9 Å². The van der Waals surface area contributed by atoms with Crippen molar-refractivity contribution in [3.8, 4) is 22.6 Å². The van der Waals surface area contributed by atoms with Crippen LogP contribution in [0.4, 0.5) is 10.1 Å². The Morgan fingerprint density at radius 2 is 2.10 bits per heavy atom. The summed E-state index contributed by atoms with van der Waals surface area (Å²) >= 11 is 0. The van der Waals surface area contributed by atoms with E-state index < -0.39 is 22.9 Å². The molecule has 29 heavy (non-hydrogen) atoms. The second-order valence-corrected chi connectivity index (χ2v) is 7.30. The van der Waals surface area contributed by atoms with Gasteiger partial charge in [0.25, 0.3) is 5.56 Å². The van der Waals surface area contributed by atoms with Gasteiger partial charge in [0.2, 0.25) is 0 Å². The minimum atomic E-state index is -1.38. The smallest absolute Gasteiger partial charge is 0.341 e. The molecule has 2 aliphatic rings. The topological polar surface area (TPSA) is 83.3 Å². The summed E-state index contributed by atoms with van der Waals surface area (Å²) in [5.41, 5.74) is 0.731. The Morgan fingerprint density at radius 1 is 1.31 bits per heavy atom. The van der Waals surface area contributed by atoms with Crippen LogP contribution in [0.25, 0.3) is 16.6 Å². The van der Waals surface area contributed by atoms with Crippen molar-refractivity contribution in [3.63, 3.8) is 0 Å². The molecule has 7 nitrogen and oxygen atoms in total. The number of ether oxygens (including phenoxy) is 1. The fourth-order valence-corrected chi connectivity index (χ4v) is 4.20. The average Bonchev–Trinajstić information content (AvgIpc) is 2.70. The molecule has 1 fully saturated rings. The summed E-state index contributed by atoms with van der Waals surface area (Å²) in [6, 6.07) is 8.45. The normalized spacial score (nSPS) is 17.7. The number of fused-ring (bicyclic) bond motifs is 2. The zero-order valence-corrected chi connectivity index (χ0v) is 15.6. The second kappa shape index (κ2) is 6.31. The molecule has 0 spiro atoms. The van der Waals surface area contributed by atoms with E-state index in [2.05, 4.69) is 5.32 Å². The predicted octanol–water partition coefficient (Wildman–Crippen LogP) is 2.71. The minimum absolute atomic E-state index is 0.0421. The van der Waals surface area contributed by atoms with Gasteiger partial charge in [-0.2, -0.15) is 0 Å². The van der Waals surface area contributed by atoms with Crippen molar-refractivity contribution in [2.75, 3.05) is 24.5 Å². The number of anilines is 1. The summed E-state index contributed by atoms with van der Waals surface area (Å²) in [6.07, 6.45) is 1.07. The fraction of sp³-hybridized carbons (Fsp3) is 0.238. The van der Waals surface area contributed by atoms with Crippen LogP contribution in [0.2, 0.25) is 0 Å². The Bertz CT molecular complexity index is 1240. The van der Waals surface area contributed by atoms with E-state index in [1.54, 1.807) is 12.1 Å². The third kappa shape index (κ3) is 2.52. The molecule has 0 bridgehead atoms. The van der Waals surface area contributed by atoms with Crippen LogP contribution in [0.5, 0.6) is 11.5 Å². The molecule has 1 atom stereocenters. The van der Waals surface area contributed by atoms with Crippen molar-refractivity contribution < 1.29 is 19.0 Å². The van der Waals surface area contributed by atoms with Gasteiger partial charge in [-0.15, -0.1) is 0 Å². The van der Waals surface area contributed by atoms with Crippen LogP contribution in [0.3, 0.4) is 0 Å². The first-order chi connectivity index (χ1) is 14.0. The number of pyridine rings is 2. The van der Waals surface area contributed by atoms with Crippen LogP contribution in [-0.2, 0) is 0 Å². The molecule has 148 valence electrons. The number of aromatic carboxylic acids is 1. The largest absolute Gasteiger partial charge is 0.477 e. The molecule has 8 heteroatoms. The number of nitrogens with zero attached hydrogens (tertiary/aromatic N) is 2. The van der Waals surface area contributed by atoms with E-state index in [0.717, 1.165) is 10.6 Å². The van der Waals surface area contributed by atoms with Gasteiger partial charge >= 0.3 is 5.97 Å². The number of carboxylic acid groups (broad SMARTS) is 1. The quantitative estimate of drug-likeness (QED) is 0.543. The first-order valence-corrected chi connectivity index (χ1v) is 9.37. The van der Waals surface area contributed by atoms with Gasteiger partial charge in [-0.1, -0.05) is 18.2 Å². The summed E-state index contributed by atoms with van der Waals surface area (Å²) < 4.78 is 22.5. The Hall–Kier alpha value is -3.39. The lowest BCUT2D eigenvalue weighted by Gasteiger charge is -2.38. The molecule has 0 saturated carbocycles. The molecule has 0 amide bonds. The Balaban J connectivity index is 1.94. The van der Waals surface area contributed by atoms with Gasteiger partial charge < -0.3 is 20.1 Å². The number of benzene rings is 1. The highest BCUT2D eigenvalue weighted by molar-refractivity contribution is 6.00. The Kier molecular flexibility index (Phi) is 3.85. The minimum Gasteiger partial charge on any atom is -0.477 e. The second-order valence-electron chi connectivity index (χ2n) is 7.30. The molecule has 2 aromatic heterocycles. The number of para-hydroxylation sites is 1. The van der Waals surface area contributed by atoms with E-state index in [1.807, 2.05) is 24.0 Å². The lowest BCUT2D eigenvalue weighted by atomic mass is 9.96. The number of nitrogens with one attached hydrogen (secondary N) is 1. The molecule has 3 aromatic rings. The summed E-state index contributed by atoms with van der Waals surface area (Å²) in [5.74, 6) is -1.25. The number of hydrogen-bond acceptors (Lipinski definition) is 5. The molecule has 1 saturated heterocycles. The molecular formula is C21H18FN3O4. The van der Waals surface area contributed by atoms with Crippen LogP contribution in [0, 0.1) is 5.82 Å². The van der Waals surface area contributed by atoms with E-state index in [9.17, 15) is 14.7 Å². The van der Waals surface area contributed by atoms with Gasteiger partial charge in [0, 0.05) is 42.9 Å². The van der Waals surface area contributed by atoms with Crippen molar-refractivity contribution >= 4 is 17.2 Å². The van der Waals surface area contributed by atoms with E-state index in [-0.39, 0.29) is 11.8 Å². The predicted molar refractivity (Wildman–Crippen MR) is 106 cm³/mol. The van der Waals surface area contributed by atoms with Gasteiger partial charge in [-0.3, -0.25) is 9.20 Å². The first-order valence-electron chi connectivity index (χ1n) is 9.37. The molecule has 1 unspecified atom stereocenters. The Labute approximate surface area is 165 Å². The van der Waals surface area contributed by atoms with Crippen molar-refractivity contribution in [2.45, 2.75) is 13.0 Å². The fourth-order valence-electron chi connectivity index (χ4n) is 4.20. The van der Waals surface area contributed by atoms with Crippen LogP contribution in [0.15, 0.2) is 41.3 Å². The van der Waals surface area contributed by atoms with Crippen molar-refractivity contribution in [1.82, 2.24) is 9.72 Å². The van der Waals surface area contributed by atoms with E-state index in [4.69, 9.17) is 4.74 Å². The van der Waals surface area contributed by atoms with Gasteiger partial charge in [-0.25, -0.2) is 9.18 Å². The van der Waals surface area contributed by atoms with E-state index in [0.29, 0.717) is 47.7 Å². The maximum atomic E-state index is 15.5. The highest BCUT2D eigenvalue weighted by Crippen LogP contribution is 2.49. The number of hydrogen-bond donors (Lipinski definition) is 2. The standard InChI is InChI=1S/C21H18FN3O4/c1-11-9-23-6-7-24(11)18-14(22)10-25-19-16(8-13(20(25)26)21(27)28)29-15-5-3-2-4-12(15)17(18)19/h2-5,8,10-11,23H,6-7,9H2,1H3,(H,27,28). The molecule has 5 rings (SSSR count). The highest BCUT2D eigenvalue weighted by atomic mass is 19.1. The number of halogens is 1. The number of piperazine rings is 1. The lowest BCUT2D eigenvalue weighted by molar-refractivity contribution is 0.0694. The third-order valence-corrected chi connectivity index (χ3v) is 5.54. The molecular weight excluding hydrogens is 377 g/mol. The van der Waals surface area contributed by atoms with Gasteiger partial charge in [-0.05, 0) is 13.0 Å². The third-order valence-electron chi connectivity index (χ3n) is 5.54. The zero-order chi connectivity index (χ0) is 20.3. The SMILES string of the molecule is CC1CNCCN1c1c(F)cn2c(=O)c(C(=O)O)cc3c2c1-c1ccccc1O3. The monoisotopic (exact) mass is 395 g/mol. The number of carbonyl (C=O) groups is 1. The van der Waals surface area contributed by atoms with Crippen LogP contribution in [-0.4, -0.2) is 41.2 Å². The number of rotatable bonds is 2. The summed E-state index contributed by atoms with van der Waals surface area (Å²) in [4.78, 5) is 26.3. The number of aromatic nitrogens is 1. The van der Waals surface area contributed by atoms with Crippen LogP contribution < -0.4 is 20.5 Å². The van der Waals surface area contributed by atoms with Crippen molar-refractivity contribution in [3.05, 3.63) is 58.3 Å². The summed E-state index contributed by atoms with van der Waals surface area (Å²) in [7, 11) is 0. The van der Waals surface area contributed by atoms with Gasteiger partial charge in [0.1, 0.15) is 16.8 Å². The highest BCUT2D eigenvalue weighted by Gasteiger charge is 2.32. The maximum absolute atomic E-state index is 15.5. The number of carboxylic acids is 1. The molecule has 2 aliphatic heterocycles. The lowest BCUT2D eigenvalue weighted by Crippen LogP contribution is -2.50. The van der Waals surface area contributed by atoms with Crippen LogP contribution in [0.1, 0.15) is 17.3 Å². The zero-order valence-electron chi connectivity index (χ0n) is 15.6. The van der Waals surface area contributed by atoms with Crippen molar-refractivity contribution in [2.24, 2.45) is 0 Å². The molecule has 0 aliphatic carbocycles. The summed E-state index contributed by atoms with van der Waals surface area (Å²) in [6.45, 7) is 4.04. The molecule has 4 heterocycles. The molecule has 0 radical (unpaired) electrons. The average molecular weight is 395 g/mol. The van der Waals surface area contributed by atoms with E-state index in [1.165, 1.54) is 6.07 Å². The summed E-state index contributed by atoms with van der Waals surface area (Å²) in [5, 5.41) is 12.7. The maximum Gasteiger partial charge on any atom is 0.341 e. The van der Waals surface area contributed by atoms with E-state index >= 15 is 4.39 Å². The van der Waals surface area contributed by atoms with Gasteiger partial charge in [0.15, 0.2) is 11.6 Å². The first kappa shape index (κ1) is 17.7. The molecule has 1 aromatic carbocycles. The van der Waals surface area contributed by atoms with Crippen molar-refractivity contribution in [1.29, 1.82) is 0 Å². The molecule has 2 N–H and O–H groups in total. The van der Waals surface area contributed by atoms with Crippen LogP contribution >= 0.6 is 0 Å².